The lowest BCUT2D eigenvalue weighted by Gasteiger charge is -2.10. The van der Waals surface area contributed by atoms with E-state index in [0.29, 0.717) is 13.1 Å². The Kier molecular flexibility index (Phi) is 7.38. The Balaban J connectivity index is 0.00000256. The summed E-state index contributed by atoms with van der Waals surface area (Å²) < 4.78 is 25.9. The van der Waals surface area contributed by atoms with Crippen LogP contribution in [0.4, 0.5) is 0 Å². The molecule has 1 rings (SSSR count). The fourth-order valence-electron chi connectivity index (χ4n) is 1.20. The van der Waals surface area contributed by atoms with E-state index in [1.165, 1.54) is 0 Å². The standard InChI is InChI=1S/C11H18N2O2S.ClH/c1-10(7-12)8-13-16(14,15)9-11-5-3-2-4-6-11;/h2-6,10,13H,7-9,12H2,1H3;1H. The Morgan fingerprint density at radius 1 is 1.29 bits per heavy atom. The van der Waals surface area contributed by atoms with Gasteiger partial charge < -0.3 is 5.73 Å². The molecule has 98 valence electrons. The van der Waals surface area contributed by atoms with Crippen molar-refractivity contribution in [2.45, 2.75) is 12.7 Å². The average molecular weight is 279 g/mol. The number of halogens is 1. The summed E-state index contributed by atoms with van der Waals surface area (Å²) in [6.45, 7) is 2.78. The van der Waals surface area contributed by atoms with Crippen molar-refractivity contribution in [2.24, 2.45) is 11.7 Å². The van der Waals surface area contributed by atoms with Gasteiger partial charge in [0.05, 0.1) is 5.75 Å². The zero-order valence-corrected chi connectivity index (χ0v) is 11.4. The van der Waals surface area contributed by atoms with E-state index in [4.69, 9.17) is 5.73 Å². The highest BCUT2D eigenvalue weighted by molar-refractivity contribution is 7.88. The molecule has 0 saturated heterocycles. The van der Waals surface area contributed by atoms with Gasteiger partial charge in [-0.3, -0.25) is 0 Å². The van der Waals surface area contributed by atoms with Gasteiger partial charge in [0.15, 0.2) is 0 Å². The second kappa shape index (κ2) is 7.66. The van der Waals surface area contributed by atoms with Crippen molar-refractivity contribution in [3.05, 3.63) is 35.9 Å². The number of rotatable bonds is 6. The SMILES string of the molecule is CC(CN)CNS(=O)(=O)Cc1ccccc1.Cl. The van der Waals surface area contributed by atoms with Gasteiger partial charge in [0.2, 0.25) is 10.0 Å². The van der Waals surface area contributed by atoms with E-state index in [1.807, 2.05) is 25.1 Å². The third-order valence-electron chi connectivity index (χ3n) is 2.25. The Hall–Kier alpha value is -0.620. The Morgan fingerprint density at radius 3 is 2.41 bits per heavy atom. The zero-order valence-electron chi connectivity index (χ0n) is 9.80. The van der Waals surface area contributed by atoms with Crippen LogP contribution in [0.1, 0.15) is 12.5 Å². The number of sulfonamides is 1. The monoisotopic (exact) mass is 278 g/mol. The first-order valence-corrected chi connectivity index (χ1v) is 6.90. The maximum Gasteiger partial charge on any atom is 0.215 e. The Bertz CT molecular complexity index is 409. The van der Waals surface area contributed by atoms with E-state index >= 15 is 0 Å². The van der Waals surface area contributed by atoms with Crippen molar-refractivity contribution in [1.82, 2.24) is 4.72 Å². The summed E-state index contributed by atoms with van der Waals surface area (Å²) in [6, 6.07) is 9.11. The van der Waals surface area contributed by atoms with Gasteiger partial charge in [-0.1, -0.05) is 37.3 Å². The van der Waals surface area contributed by atoms with Gasteiger partial charge in [-0.25, -0.2) is 13.1 Å². The highest BCUT2D eigenvalue weighted by Gasteiger charge is 2.12. The third-order valence-corrected chi connectivity index (χ3v) is 3.57. The first-order chi connectivity index (χ1) is 7.53. The van der Waals surface area contributed by atoms with E-state index in [1.54, 1.807) is 12.1 Å². The van der Waals surface area contributed by atoms with Crippen molar-refractivity contribution < 1.29 is 8.42 Å². The Labute approximate surface area is 109 Å². The molecule has 0 radical (unpaired) electrons. The number of hydrogen-bond donors (Lipinski definition) is 2. The molecule has 0 aliphatic carbocycles. The summed E-state index contributed by atoms with van der Waals surface area (Å²) in [7, 11) is -3.25. The fraction of sp³-hybridized carbons (Fsp3) is 0.455. The molecular formula is C11H19ClN2O2S. The molecule has 0 aliphatic rings. The molecule has 1 aromatic rings. The van der Waals surface area contributed by atoms with E-state index in [9.17, 15) is 8.42 Å². The molecule has 0 heterocycles. The summed E-state index contributed by atoms with van der Waals surface area (Å²) in [4.78, 5) is 0. The summed E-state index contributed by atoms with van der Waals surface area (Å²) in [6.07, 6.45) is 0. The van der Waals surface area contributed by atoms with Crippen molar-refractivity contribution in [3.63, 3.8) is 0 Å². The number of nitrogens with two attached hydrogens (primary N) is 1. The molecule has 0 saturated carbocycles. The minimum Gasteiger partial charge on any atom is -0.330 e. The summed E-state index contributed by atoms with van der Waals surface area (Å²) in [5.41, 5.74) is 6.21. The number of benzene rings is 1. The van der Waals surface area contributed by atoms with Gasteiger partial charge >= 0.3 is 0 Å². The molecule has 1 unspecified atom stereocenters. The second-order valence-corrected chi connectivity index (χ2v) is 5.74. The van der Waals surface area contributed by atoms with Crippen LogP contribution in [0, 0.1) is 5.92 Å². The van der Waals surface area contributed by atoms with Crippen molar-refractivity contribution in [3.8, 4) is 0 Å². The summed E-state index contributed by atoms with van der Waals surface area (Å²) in [5.74, 6) is 0.177. The van der Waals surface area contributed by atoms with Crippen molar-refractivity contribution >= 4 is 22.4 Å². The molecule has 3 N–H and O–H groups in total. The molecule has 0 bridgehead atoms. The van der Waals surface area contributed by atoms with Gasteiger partial charge in [-0.2, -0.15) is 0 Å². The molecule has 17 heavy (non-hydrogen) atoms. The van der Waals surface area contributed by atoms with Crippen LogP contribution in [-0.4, -0.2) is 21.5 Å². The first kappa shape index (κ1) is 16.4. The average Bonchev–Trinajstić information content (AvgIpc) is 2.27. The van der Waals surface area contributed by atoms with Crippen LogP contribution in [0.25, 0.3) is 0 Å². The molecule has 0 aliphatic heterocycles. The lowest BCUT2D eigenvalue weighted by molar-refractivity contribution is 0.544. The smallest absolute Gasteiger partial charge is 0.215 e. The lowest BCUT2D eigenvalue weighted by Crippen LogP contribution is -2.32. The second-order valence-electron chi connectivity index (χ2n) is 3.93. The van der Waals surface area contributed by atoms with Crippen LogP contribution < -0.4 is 10.5 Å². The quantitative estimate of drug-likeness (QED) is 0.819. The van der Waals surface area contributed by atoms with Gasteiger partial charge in [0, 0.05) is 6.54 Å². The van der Waals surface area contributed by atoms with Gasteiger partial charge in [0.25, 0.3) is 0 Å². The van der Waals surface area contributed by atoms with Gasteiger partial charge in [-0.05, 0) is 18.0 Å². The predicted octanol–water partition coefficient (Wildman–Crippen LogP) is 1.12. The Morgan fingerprint density at radius 2 is 1.88 bits per heavy atom. The van der Waals surface area contributed by atoms with Crippen LogP contribution >= 0.6 is 12.4 Å². The maximum absolute atomic E-state index is 11.7. The van der Waals surface area contributed by atoms with Crippen LogP contribution in [0.15, 0.2) is 30.3 Å². The fourth-order valence-corrected chi connectivity index (χ4v) is 2.47. The zero-order chi connectivity index (χ0) is 12.0. The van der Waals surface area contributed by atoms with E-state index in [0.717, 1.165) is 5.56 Å². The van der Waals surface area contributed by atoms with Crippen LogP contribution in [0.2, 0.25) is 0 Å². The van der Waals surface area contributed by atoms with E-state index in [-0.39, 0.29) is 24.1 Å². The van der Waals surface area contributed by atoms with Crippen LogP contribution in [-0.2, 0) is 15.8 Å². The normalized spacial score (nSPS) is 12.8. The molecule has 0 spiro atoms. The minimum absolute atomic E-state index is 0. The first-order valence-electron chi connectivity index (χ1n) is 5.25. The highest BCUT2D eigenvalue weighted by atomic mass is 35.5. The molecule has 0 aromatic heterocycles. The minimum atomic E-state index is -3.25. The third kappa shape index (κ3) is 6.63. The van der Waals surface area contributed by atoms with Gasteiger partial charge in [0.1, 0.15) is 0 Å². The van der Waals surface area contributed by atoms with E-state index < -0.39 is 10.0 Å². The van der Waals surface area contributed by atoms with E-state index in [2.05, 4.69) is 4.72 Å². The molecule has 0 amide bonds. The number of nitrogens with one attached hydrogen (secondary N) is 1. The molecule has 6 heteroatoms. The number of hydrogen-bond acceptors (Lipinski definition) is 3. The van der Waals surface area contributed by atoms with Crippen molar-refractivity contribution in [1.29, 1.82) is 0 Å². The molecule has 4 nitrogen and oxygen atoms in total. The van der Waals surface area contributed by atoms with Gasteiger partial charge in [-0.15, -0.1) is 12.4 Å². The largest absolute Gasteiger partial charge is 0.330 e. The van der Waals surface area contributed by atoms with Crippen LogP contribution in [0.5, 0.6) is 0 Å². The highest BCUT2D eigenvalue weighted by Crippen LogP contribution is 2.04. The molecule has 1 atom stereocenters. The molecular weight excluding hydrogens is 260 g/mol. The topological polar surface area (TPSA) is 72.2 Å². The predicted molar refractivity (Wildman–Crippen MR) is 72.5 cm³/mol. The summed E-state index contributed by atoms with van der Waals surface area (Å²) in [5, 5.41) is 0. The molecule has 1 aromatic carbocycles. The molecule has 0 fully saturated rings. The van der Waals surface area contributed by atoms with Crippen LogP contribution in [0.3, 0.4) is 0 Å². The lowest BCUT2D eigenvalue weighted by atomic mass is 10.2. The van der Waals surface area contributed by atoms with Crippen molar-refractivity contribution in [2.75, 3.05) is 13.1 Å². The summed E-state index contributed by atoms with van der Waals surface area (Å²) >= 11 is 0. The maximum atomic E-state index is 11.7.